The molecule has 0 spiro atoms. The van der Waals surface area contributed by atoms with Crippen molar-refractivity contribution in [3.05, 3.63) is 50.2 Å². The van der Waals surface area contributed by atoms with Gasteiger partial charge in [-0.3, -0.25) is 0 Å². The number of hydrogen-bond donors (Lipinski definition) is 0. The molecule has 0 aliphatic heterocycles. The van der Waals surface area contributed by atoms with Gasteiger partial charge in [-0.1, -0.05) is 30.1 Å². The van der Waals surface area contributed by atoms with E-state index in [2.05, 4.69) is 20.1 Å². The highest BCUT2D eigenvalue weighted by molar-refractivity contribution is 5.45. The SMILES string of the molecule is CC(C)c1cc(CN=[N+]=[N-])cc(N=[N+]=[N-])c1. The summed E-state index contributed by atoms with van der Waals surface area (Å²) in [5.74, 6) is 0.332. The predicted octanol–water partition coefficient (Wildman–Crippen LogP) is 4.56. The smallest absolute Gasteiger partial charge is 0.0511 e. The van der Waals surface area contributed by atoms with Crippen LogP contribution < -0.4 is 0 Å². The van der Waals surface area contributed by atoms with Gasteiger partial charge in [-0.2, -0.15) is 0 Å². The lowest BCUT2D eigenvalue weighted by Gasteiger charge is -2.08. The van der Waals surface area contributed by atoms with Crippen LogP contribution in [0.2, 0.25) is 0 Å². The zero-order valence-electron chi connectivity index (χ0n) is 9.20. The molecule has 0 unspecified atom stereocenters. The molecule has 82 valence electrons. The van der Waals surface area contributed by atoms with Crippen molar-refractivity contribution in [1.82, 2.24) is 0 Å². The minimum atomic E-state index is 0.269. The van der Waals surface area contributed by atoms with Gasteiger partial charge in [-0.25, -0.2) is 0 Å². The molecule has 1 rings (SSSR count). The van der Waals surface area contributed by atoms with Gasteiger partial charge in [0.15, 0.2) is 0 Å². The van der Waals surface area contributed by atoms with E-state index in [9.17, 15) is 0 Å². The Morgan fingerprint density at radius 3 is 2.50 bits per heavy atom. The van der Waals surface area contributed by atoms with Gasteiger partial charge in [-0.15, -0.1) is 0 Å². The summed E-state index contributed by atoms with van der Waals surface area (Å²) in [4.78, 5) is 5.45. The Labute approximate surface area is 93.2 Å². The van der Waals surface area contributed by atoms with Crippen LogP contribution in [0.3, 0.4) is 0 Å². The maximum Gasteiger partial charge on any atom is 0.0511 e. The highest BCUT2D eigenvalue weighted by atomic mass is 15.1. The molecule has 1 aromatic rings. The quantitative estimate of drug-likeness (QED) is 0.400. The van der Waals surface area contributed by atoms with Crippen LogP contribution in [-0.2, 0) is 6.54 Å². The number of benzene rings is 1. The summed E-state index contributed by atoms with van der Waals surface area (Å²) in [5, 5.41) is 7.05. The summed E-state index contributed by atoms with van der Waals surface area (Å²) in [6, 6.07) is 5.51. The van der Waals surface area contributed by atoms with Gasteiger partial charge in [0.2, 0.25) is 0 Å². The Hall–Kier alpha value is -2.16. The number of rotatable bonds is 4. The highest BCUT2D eigenvalue weighted by Gasteiger charge is 2.03. The lowest BCUT2D eigenvalue weighted by atomic mass is 10.00. The van der Waals surface area contributed by atoms with Crippen molar-refractivity contribution in [2.75, 3.05) is 0 Å². The Bertz CT molecular complexity index is 466. The third-order valence-electron chi connectivity index (χ3n) is 2.14. The van der Waals surface area contributed by atoms with Crippen molar-refractivity contribution in [2.45, 2.75) is 26.3 Å². The maximum absolute atomic E-state index is 8.39. The average Bonchev–Trinajstić information content (AvgIpc) is 2.26. The van der Waals surface area contributed by atoms with Gasteiger partial charge >= 0.3 is 0 Å². The first-order chi connectivity index (χ1) is 7.67. The molecule has 0 heterocycles. The first-order valence-corrected chi connectivity index (χ1v) is 4.87. The van der Waals surface area contributed by atoms with Crippen LogP contribution in [0, 0.1) is 0 Å². The topological polar surface area (TPSA) is 97.5 Å². The lowest BCUT2D eigenvalue weighted by molar-refractivity contribution is 0.861. The second-order valence-corrected chi connectivity index (χ2v) is 3.67. The molecule has 16 heavy (non-hydrogen) atoms. The number of azide groups is 2. The zero-order valence-corrected chi connectivity index (χ0v) is 9.20. The van der Waals surface area contributed by atoms with Gasteiger partial charge in [0.05, 0.1) is 6.54 Å². The molecule has 0 aliphatic rings. The average molecular weight is 216 g/mol. The molecule has 6 nitrogen and oxygen atoms in total. The molecular formula is C10H12N6. The molecule has 0 aromatic heterocycles. The van der Waals surface area contributed by atoms with Crippen LogP contribution in [0.1, 0.15) is 30.9 Å². The van der Waals surface area contributed by atoms with Gasteiger partial charge in [-0.05, 0) is 40.2 Å². The van der Waals surface area contributed by atoms with Gasteiger partial charge in [0, 0.05) is 15.5 Å². The fourth-order valence-corrected chi connectivity index (χ4v) is 1.35. The second kappa shape index (κ2) is 5.66. The largest absolute Gasteiger partial charge is 0.0893 e. The van der Waals surface area contributed by atoms with E-state index in [1.165, 1.54) is 0 Å². The molecular weight excluding hydrogens is 204 g/mol. The first kappa shape index (κ1) is 11.9. The minimum Gasteiger partial charge on any atom is -0.0893 e. The third kappa shape index (κ3) is 3.20. The number of hydrogen-bond acceptors (Lipinski definition) is 2. The Morgan fingerprint density at radius 2 is 1.94 bits per heavy atom. The van der Waals surface area contributed by atoms with E-state index in [1.807, 2.05) is 26.0 Å². The van der Waals surface area contributed by atoms with Crippen LogP contribution in [0.25, 0.3) is 20.9 Å². The van der Waals surface area contributed by atoms with E-state index in [0.717, 1.165) is 11.1 Å². The third-order valence-corrected chi connectivity index (χ3v) is 2.14. The minimum absolute atomic E-state index is 0.269. The van der Waals surface area contributed by atoms with Gasteiger partial charge < -0.3 is 0 Å². The lowest BCUT2D eigenvalue weighted by Crippen LogP contribution is -1.90. The highest BCUT2D eigenvalue weighted by Crippen LogP contribution is 2.24. The van der Waals surface area contributed by atoms with Crippen LogP contribution in [-0.4, -0.2) is 0 Å². The summed E-state index contributed by atoms with van der Waals surface area (Å²) in [6.45, 7) is 4.37. The molecule has 0 N–H and O–H groups in total. The van der Waals surface area contributed by atoms with E-state index in [0.29, 0.717) is 11.6 Å². The van der Waals surface area contributed by atoms with E-state index in [-0.39, 0.29) is 6.54 Å². The molecule has 0 saturated carbocycles. The van der Waals surface area contributed by atoms with Crippen molar-refractivity contribution in [2.24, 2.45) is 10.2 Å². The first-order valence-electron chi connectivity index (χ1n) is 4.87. The van der Waals surface area contributed by atoms with Crippen molar-refractivity contribution < 1.29 is 0 Å². The normalized spacial score (nSPS) is 9.44. The van der Waals surface area contributed by atoms with E-state index >= 15 is 0 Å². The summed E-state index contributed by atoms with van der Waals surface area (Å²) in [6.07, 6.45) is 0. The summed E-state index contributed by atoms with van der Waals surface area (Å²) in [7, 11) is 0. The van der Waals surface area contributed by atoms with Crippen molar-refractivity contribution in [3.8, 4) is 0 Å². The summed E-state index contributed by atoms with van der Waals surface area (Å²) < 4.78 is 0. The fourth-order valence-electron chi connectivity index (χ4n) is 1.35. The fraction of sp³-hybridized carbons (Fsp3) is 0.400. The molecule has 1 aromatic carbocycles. The van der Waals surface area contributed by atoms with Gasteiger partial charge in [0.1, 0.15) is 0 Å². The molecule has 0 aliphatic carbocycles. The standard InChI is InChI=1S/C10H12N6/c1-7(2)9-3-8(6-13-15-11)4-10(5-9)14-16-12/h3-5,7H,6H2,1-2H3. The van der Waals surface area contributed by atoms with Crippen molar-refractivity contribution >= 4 is 5.69 Å². The van der Waals surface area contributed by atoms with Crippen LogP contribution in [0.5, 0.6) is 0 Å². The summed E-state index contributed by atoms with van der Waals surface area (Å²) >= 11 is 0. The van der Waals surface area contributed by atoms with Crippen LogP contribution in [0.15, 0.2) is 28.4 Å². The van der Waals surface area contributed by atoms with Crippen molar-refractivity contribution in [1.29, 1.82) is 0 Å². The second-order valence-electron chi connectivity index (χ2n) is 3.67. The molecule has 0 atom stereocenters. The Morgan fingerprint density at radius 1 is 1.19 bits per heavy atom. The zero-order chi connectivity index (χ0) is 12.0. The van der Waals surface area contributed by atoms with E-state index in [1.54, 1.807) is 6.07 Å². The molecule has 0 radical (unpaired) electrons. The number of nitrogens with zero attached hydrogens (tertiary/aromatic N) is 6. The van der Waals surface area contributed by atoms with Crippen LogP contribution in [0.4, 0.5) is 5.69 Å². The Kier molecular flexibility index (Phi) is 4.21. The Balaban J connectivity index is 3.17. The summed E-state index contributed by atoms with van der Waals surface area (Å²) in [5.41, 5.74) is 19.1. The molecule has 0 bridgehead atoms. The monoisotopic (exact) mass is 216 g/mol. The predicted molar refractivity (Wildman–Crippen MR) is 62.2 cm³/mol. The van der Waals surface area contributed by atoms with Gasteiger partial charge in [0.25, 0.3) is 0 Å². The maximum atomic E-state index is 8.39. The van der Waals surface area contributed by atoms with E-state index < -0.39 is 0 Å². The molecule has 0 amide bonds. The molecule has 0 saturated heterocycles. The molecule has 6 heteroatoms. The molecule has 0 fully saturated rings. The van der Waals surface area contributed by atoms with Crippen molar-refractivity contribution in [3.63, 3.8) is 0 Å². The van der Waals surface area contributed by atoms with E-state index in [4.69, 9.17) is 11.1 Å². The van der Waals surface area contributed by atoms with Crippen LogP contribution >= 0.6 is 0 Å².